The fraction of sp³-hybridized carbons (Fsp3) is 0.154. The minimum Gasteiger partial charge on any atom is -0.397 e. The van der Waals surface area contributed by atoms with E-state index >= 15 is 0 Å². The number of hydrogen-bond donors (Lipinski definition) is 2. The summed E-state index contributed by atoms with van der Waals surface area (Å²) < 4.78 is 1.49. The molecular weight excluding hydrogens is 278 g/mol. The van der Waals surface area contributed by atoms with Crippen LogP contribution in [0, 0.1) is 11.3 Å². The number of nitrogens with one attached hydrogen (secondary N) is 1. The number of amides is 1. The van der Waals surface area contributed by atoms with Crippen molar-refractivity contribution >= 4 is 28.9 Å². The lowest BCUT2D eigenvalue weighted by molar-refractivity contribution is -0.118. The lowest BCUT2D eigenvalue weighted by Gasteiger charge is -2.14. The summed E-state index contributed by atoms with van der Waals surface area (Å²) >= 11 is 5.81. The van der Waals surface area contributed by atoms with Crippen molar-refractivity contribution in [2.24, 2.45) is 0 Å². The van der Waals surface area contributed by atoms with Crippen molar-refractivity contribution in [1.82, 2.24) is 9.55 Å². The van der Waals surface area contributed by atoms with E-state index in [2.05, 4.69) is 10.3 Å². The summed E-state index contributed by atoms with van der Waals surface area (Å²) in [6, 6.07) is 6.20. The van der Waals surface area contributed by atoms with Crippen molar-refractivity contribution in [3.05, 3.63) is 41.4 Å². The van der Waals surface area contributed by atoms with Gasteiger partial charge in [-0.15, -0.1) is 0 Å². The SMILES string of the molecule is CC(C(=O)Nc1ccc(Cl)c(N)c1)n1ccnc1C#N. The van der Waals surface area contributed by atoms with Gasteiger partial charge < -0.3 is 15.6 Å². The number of hydrogen-bond acceptors (Lipinski definition) is 4. The second kappa shape index (κ2) is 5.63. The monoisotopic (exact) mass is 289 g/mol. The van der Waals surface area contributed by atoms with Crippen molar-refractivity contribution in [2.75, 3.05) is 11.1 Å². The molecule has 0 spiro atoms. The first-order chi connectivity index (χ1) is 9.52. The van der Waals surface area contributed by atoms with Crippen LogP contribution in [0.3, 0.4) is 0 Å². The molecule has 2 aromatic rings. The van der Waals surface area contributed by atoms with Gasteiger partial charge in [-0.05, 0) is 25.1 Å². The van der Waals surface area contributed by atoms with Gasteiger partial charge in [-0.2, -0.15) is 5.26 Å². The number of imidazole rings is 1. The largest absolute Gasteiger partial charge is 0.397 e. The van der Waals surface area contributed by atoms with E-state index < -0.39 is 6.04 Å². The van der Waals surface area contributed by atoms with Crippen LogP contribution in [0.2, 0.25) is 5.02 Å². The van der Waals surface area contributed by atoms with Crippen LogP contribution in [0.25, 0.3) is 0 Å². The predicted octanol–water partition coefficient (Wildman–Crippen LogP) is 2.19. The zero-order valence-corrected chi connectivity index (χ0v) is 11.4. The minimum absolute atomic E-state index is 0.184. The Balaban J connectivity index is 2.16. The number of nitrogens with zero attached hydrogens (tertiary/aromatic N) is 3. The molecule has 0 aliphatic carbocycles. The predicted molar refractivity (Wildman–Crippen MR) is 76.1 cm³/mol. The number of anilines is 2. The van der Waals surface area contributed by atoms with Crippen molar-refractivity contribution < 1.29 is 4.79 Å². The summed E-state index contributed by atoms with van der Waals surface area (Å²) in [4.78, 5) is 16.0. The maximum Gasteiger partial charge on any atom is 0.247 e. The van der Waals surface area contributed by atoms with Gasteiger partial charge >= 0.3 is 0 Å². The van der Waals surface area contributed by atoms with E-state index in [1.807, 2.05) is 6.07 Å². The molecule has 1 aromatic heterocycles. The lowest BCUT2D eigenvalue weighted by Crippen LogP contribution is -2.24. The Kier molecular flexibility index (Phi) is 3.91. The molecule has 2 rings (SSSR count). The summed E-state index contributed by atoms with van der Waals surface area (Å²) in [5, 5.41) is 12.0. The molecule has 6 nitrogen and oxygen atoms in total. The third-order valence-corrected chi connectivity index (χ3v) is 3.17. The van der Waals surface area contributed by atoms with Gasteiger partial charge in [-0.3, -0.25) is 4.79 Å². The molecule has 20 heavy (non-hydrogen) atoms. The highest BCUT2D eigenvalue weighted by molar-refractivity contribution is 6.33. The highest BCUT2D eigenvalue weighted by Gasteiger charge is 2.17. The Morgan fingerprint density at radius 3 is 3.00 bits per heavy atom. The second-order valence-corrected chi connectivity index (χ2v) is 4.58. The van der Waals surface area contributed by atoms with Gasteiger partial charge in [0.1, 0.15) is 12.1 Å². The van der Waals surface area contributed by atoms with E-state index in [4.69, 9.17) is 22.6 Å². The van der Waals surface area contributed by atoms with Crippen LogP contribution in [0.4, 0.5) is 11.4 Å². The van der Waals surface area contributed by atoms with Crippen LogP contribution in [0.1, 0.15) is 18.8 Å². The summed E-state index contributed by atoms with van der Waals surface area (Å²) in [7, 11) is 0. The van der Waals surface area contributed by atoms with Crippen LogP contribution < -0.4 is 11.1 Å². The molecule has 0 fully saturated rings. The van der Waals surface area contributed by atoms with Crippen LogP contribution in [0.5, 0.6) is 0 Å². The zero-order chi connectivity index (χ0) is 14.7. The maximum absolute atomic E-state index is 12.1. The Morgan fingerprint density at radius 2 is 2.35 bits per heavy atom. The smallest absolute Gasteiger partial charge is 0.247 e. The molecule has 0 radical (unpaired) electrons. The Bertz CT molecular complexity index is 688. The van der Waals surface area contributed by atoms with Gasteiger partial charge in [0.05, 0.1) is 10.7 Å². The average Bonchev–Trinajstić information content (AvgIpc) is 2.90. The number of nitriles is 1. The van der Waals surface area contributed by atoms with Crippen molar-refractivity contribution in [3.63, 3.8) is 0 Å². The quantitative estimate of drug-likeness (QED) is 0.846. The number of carbonyl (C=O) groups excluding carboxylic acids is 1. The molecule has 1 unspecified atom stereocenters. The first-order valence-corrected chi connectivity index (χ1v) is 6.19. The molecule has 0 bridgehead atoms. The van der Waals surface area contributed by atoms with Crippen LogP contribution in [-0.2, 0) is 4.79 Å². The Hall–Kier alpha value is -2.52. The van der Waals surface area contributed by atoms with Crippen molar-refractivity contribution in [3.8, 4) is 6.07 Å². The molecule has 0 saturated heterocycles. The highest BCUT2D eigenvalue weighted by atomic mass is 35.5. The fourth-order valence-electron chi connectivity index (χ4n) is 1.71. The molecule has 1 heterocycles. The molecule has 7 heteroatoms. The zero-order valence-electron chi connectivity index (χ0n) is 10.7. The van der Waals surface area contributed by atoms with Gasteiger partial charge in [-0.1, -0.05) is 11.6 Å². The standard InChI is InChI=1S/C13H12ClN5O/c1-8(19-5-4-17-12(19)7-15)13(20)18-9-2-3-10(14)11(16)6-9/h2-6,8H,16H2,1H3,(H,18,20). The number of halogens is 1. The summed E-state index contributed by atoms with van der Waals surface area (Å²) in [6.07, 6.45) is 3.06. The molecule has 1 aromatic carbocycles. The molecule has 0 aliphatic heterocycles. The highest BCUT2D eigenvalue weighted by Crippen LogP contribution is 2.23. The molecule has 102 valence electrons. The van der Waals surface area contributed by atoms with Gasteiger partial charge in [0.2, 0.25) is 11.7 Å². The van der Waals surface area contributed by atoms with Crippen LogP contribution in [0.15, 0.2) is 30.6 Å². The van der Waals surface area contributed by atoms with Crippen molar-refractivity contribution in [1.29, 1.82) is 5.26 Å². The number of rotatable bonds is 3. The first kappa shape index (κ1) is 13.9. The fourth-order valence-corrected chi connectivity index (χ4v) is 1.82. The van der Waals surface area contributed by atoms with E-state index in [-0.39, 0.29) is 11.7 Å². The van der Waals surface area contributed by atoms with Gasteiger partial charge in [-0.25, -0.2) is 4.98 Å². The van der Waals surface area contributed by atoms with Crippen LogP contribution >= 0.6 is 11.6 Å². The number of nitrogens with two attached hydrogens (primary N) is 1. The minimum atomic E-state index is -0.566. The Morgan fingerprint density at radius 1 is 1.60 bits per heavy atom. The van der Waals surface area contributed by atoms with E-state index in [0.29, 0.717) is 16.4 Å². The molecule has 0 aliphatic rings. The lowest BCUT2D eigenvalue weighted by atomic mass is 10.2. The normalized spacial score (nSPS) is 11.7. The third kappa shape index (κ3) is 2.73. The Labute approximate surface area is 120 Å². The number of carbonyl (C=O) groups is 1. The number of nitrogen functional groups attached to an aromatic ring is 1. The molecule has 0 saturated carbocycles. The number of benzene rings is 1. The number of aromatic nitrogens is 2. The van der Waals surface area contributed by atoms with E-state index in [1.165, 1.54) is 10.8 Å². The van der Waals surface area contributed by atoms with Crippen LogP contribution in [-0.4, -0.2) is 15.5 Å². The van der Waals surface area contributed by atoms with Gasteiger partial charge in [0, 0.05) is 18.1 Å². The topological polar surface area (TPSA) is 96.7 Å². The van der Waals surface area contributed by atoms with E-state index in [9.17, 15) is 4.79 Å². The van der Waals surface area contributed by atoms with E-state index in [1.54, 1.807) is 31.3 Å². The summed E-state index contributed by atoms with van der Waals surface area (Å²) in [5.74, 6) is -0.0931. The molecule has 1 atom stereocenters. The third-order valence-electron chi connectivity index (χ3n) is 2.83. The second-order valence-electron chi connectivity index (χ2n) is 4.17. The van der Waals surface area contributed by atoms with Crippen molar-refractivity contribution in [2.45, 2.75) is 13.0 Å². The van der Waals surface area contributed by atoms with Gasteiger partial charge in [0.15, 0.2) is 0 Å². The average molecular weight is 290 g/mol. The first-order valence-electron chi connectivity index (χ1n) is 5.81. The van der Waals surface area contributed by atoms with E-state index in [0.717, 1.165) is 0 Å². The maximum atomic E-state index is 12.1. The molecular formula is C13H12ClN5O. The van der Waals surface area contributed by atoms with Gasteiger partial charge in [0.25, 0.3) is 0 Å². The molecule has 3 N–H and O–H groups in total. The summed E-state index contributed by atoms with van der Waals surface area (Å²) in [6.45, 7) is 1.68. The molecule has 1 amide bonds. The summed E-state index contributed by atoms with van der Waals surface area (Å²) in [5.41, 5.74) is 6.60.